The average molecular weight is 253 g/mol. The van der Waals surface area contributed by atoms with Crippen molar-refractivity contribution in [1.82, 2.24) is 5.32 Å². The lowest BCUT2D eigenvalue weighted by molar-refractivity contribution is -0.138. The lowest BCUT2D eigenvalue weighted by atomic mass is 10.1. The zero-order valence-electron chi connectivity index (χ0n) is 11.5. The SMILES string of the molecule is CC(C)=CCC/C(C)=C/CNC(=O)CCC(=O)O. The number of carbonyl (C=O) groups is 2. The van der Waals surface area contributed by atoms with Crippen molar-refractivity contribution in [2.24, 2.45) is 0 Å². The predicted molar refractivity (Wildman–Crippen MR) is 72.3 cm³/mol. The summed E-state index contributed by atoms with van der Waals surface area (Å²) in [6.45, 7) is 6.64. The van der Waals surface area contributed by atoms with Crippen molar-refractivity contribution in [2.75, 3.05) is 6.54 Å². The molecule has 0 aromatic rings. The Balaban J connectivity index is 3.76. The quantitative estimate of drug-likeness (QED) is 0.653. The summed E-state index contributed by atoms with van der Waals surface area (Å²) in [6.07, 6.45) is 6.07. The van der Waals surface area contributed by atoms with Crippen molar-refractivity contribution in [3.8, 4) is 0 Å². The van der Waals surface area contributed by atoms with Gasteiger partial charge in [0.25, 0.3) is 0 Å². The van der Waals surface area contributed by atoms with Crippen LogP contribution < -0.4 is 5.32 Å². The van der Waals surface area contributed by atoms with E-state index in [1.165, 1.54) is 11.1 Å². The van der Waals surface area contributed by atoms with Gasteiger partial charge in [0.2, 0.25) is 5.91 Å². The van der Waals surface area contributed by atoms with Gasteiger partial charge in [-0.15, -0.1) is 0 Å². The minimum Gasteiger partial charge on any atom is -0.481 e. The molecule has 0 aliphatic carbocycles. The molecule has 0 aliphatic rings. The van der Waals surface area contributed by atoms with Gasteiger partial charge in [-0.2, -0.15) is 0 Å². The number of nitrogens with one attached hydrogen (secondary N) is 1. The molecule has 4 heteroatoms. The van der Waals surface area contributed by atoms with Crippen LogP contribution in [0.2, 0.25) is 0 Å². The Bertz CT molecular complexity index is 339. The monoisotopic (exact) mass is 253 g/mol. The fourth-order valence-electron chi connectivity index (χ4n) is 1.34. The Labute approximate surface area is 109 Å². The number of allylic oxidation sites excluding steroid dienone is 3. The first-order valence-electron chi connectivity index (χ1n) is 6.19. The molecule has 2 N–H and O–H groups in total. The van der Waals surface area contributed by atoms with Crippen LogP contribution in [-0.4, -0.2) is 23.5 Å². The summed E-state index contributed by atoms with van der Waals surface area (Å²) in [7, 11) is 0. The van der Waals surface area contributed by atoms with E-state index in [0.717, 1.165) is 12.8 Å². The largest absolute Gasteiger partial charge is 0.481 e. The van der Waals surface area contributed by atoms with Crippen LogP contribution in [0.25, 0.3) is 0 Å². The third kappa shape index (κ3) is 10.9. The number of aliphatic carboxylic acids is 1. The van der Waals surface area contributed by atoms with Crippen LogP contribution in [0.5, 0.6) is 0 Å². The first kappa shape index (κ1) is 16.4. The van der Waals surface area contributed by atoms with Crippen LogP contribution >= 0.6 is 0 Å². The Morgan fingerprint density at radius 1 is 1.06 bits per heavy atom. The van der Waals surface area contributed by atoms with Crippen molar-refractivity contribution in [1.29, 1.82) is 0 Å². The summed E-state index contributed by atoms with van der Waals surface area (Å²) in [4.78, 5) is 21.5. The van der Waals surface area contributed by atoms with Gasteiger partial charge >= 0.3 is 5.97 Å². The molecule has 0 bridgehead atoms. The fourth-order valence-corrected chi connectivity index (χ4v) is 1.34. The second kappa shape index (κ2) is 9.45. The van der Waals surface area contributed by atoms with Crippen molar-refractivity contribution >= 4 is 11.9 Å². The van der Waals surface area contributed by atoms with E-state index in [0.29, 0.717) is 6.54 Å². The molecule has 1 amide bonds. The summed E-state index contributed by atoms with van der Waals surface area (Å²) in [5.74, 6) is -1.16. The lowest BCUT2D eigenvalue weighted by Gasteiger charge is -2.02. The van der Waals surface area contributed by atoms with Crippen LogP contribution in [0.1, 0.15) is 46.5 Å². The number of rotatable bonds is 8. The minimum atomic E-state index is -0.946. The number of amides is 1. The van der Waals surface area contributed by atoms with Crippen LogP contribution in [0.4, 0.5) is 0 Å². The highest BCUT2D eigenvalue weighted by atomic mass is 16.4. The number of hydrogen-bond acceptors (Lipinski definition) is 2. The number of hydrogen-bond donors (Lipinski definition) is 2. The Hall–Kier alpha value is -1.58. The molecule has 0 radical (unpaired) electrons. The van der Waals surface area contributed by atoms with Gasteiger partial charge in [-0.05, 0) is 33.6 Å². The molecule has 0 aliphatic heterocycles. The highest BCUT2D eigenvalue weighted by molar-refractivity contribution is 5.80. The number of carboxylic acid groups (broad SMARTS) is 1. The maximum atomic E-state index is 11.2. The third-order valence-electron chi connectivity index (χ3n) is 2.41. The first-order chi connectivity index (χ1) is 8.41. The normalized spacial score (nSPS) is 10.9. The summed E-state index contributed by atoms with van der Waals surface area (Å²) < 4.78 is 0. The second-order valence-corrected chi connectivity index (χ2v) is 4.57. The molecular formula is C14H23NO3. The molecule has 0 saturated carbocycles. The van der Waals surface area contributed by atoms with E-state index in [1.54, 1.807) is 0 Å². The highest BCUT2D eigenvalue weighted by Crippen LogP contribution is 2.05. The van der Waals surface area contributed by atoms with Gasteiger partial charge in [-0.25, -0.2) is 0 Å². The second-order valence-electron chi connectivity index (χ2n) is 4.57. The molecule has 102 valence electrons. The van der Waals surface area contributed by atoms with Crippen LogP contribution in [0, 0.1) is 0 Å². The molecule has 4 nitrogen and oxygen atoms in total. The Morgan fingerprint density at radius 3 is 2.28 bits per heavy atom. The van der Waals surface area contributed by atoms with Gasteiger partial charge in [0.15, 0.2) is 0 Å². The zero-order chi connectivity index (χ0) is 14.0. The summed E-state index contributed by atoms with van der Waals surface area (Å²) in [5.41, 5.74) is 2.54. The predicted octanol–water partition coefficient (Wildman–Crippen LogP) is 2.66. The topological polar surface area (TPSA) is 66.4 Å². The Kier molecular flexibility index (Phi) is 8.62. The molecular weight excluding hydrogens is 230 g/mol. The van der Waals surface area contributed by atoms with Gasteiger partial charge < -0.3 is 10.4 Å². The summed E-state index contributed by atoms with van der Waals surface area (Å²) in [6, 6.07) is 0. The van der Waals surface area contributed by atoms with Crippen LogP contribution in [-0.2, 0) is 9.59 Å². The van der Waals surface area contributed by atoms with E-state index < -0.39 is 5.97 Å². The lowest BCUT2D eigenvalue weighted by Crippen LogP contribution is -2.23. The third-order valence-corrected chi connectivity index (χ3v) is 2.41. The highest BCUT2D eigenvalue weighted by Gasteiger charge is 2.03. The van der Waals surface area contributed by atoms with Crippen molar-refractivity contribution < 1.29 is 14.7 Å². The smallest absolute Gasteiger partial charge is 0.303 e. The van der Waals surface area contributed by atoms with Gasteiger partial charge in [0, 0.05) is 13.0 Å². The van der Waals surface area contributed by atoms with Crippen molar-refractivity contribution in [2.45, 2.75) is 46.5 Å². The standard InChI is InChI=1S/C14H23NO3/c1-11(2)5-4-6-12(3)9-10-15-13(16)7-8-14(17)18/h5,9H,4,6-8,10H2,1-3H3,(H,15,16)(H,17,18)/b12-9+. The van der Waals surface area contributed by atoms with E-state index in [1.807, 2.05) is 13.0 Å². The summed E-state index contributed by atoms with van der Waals surface area (Å²) >= 11 is 0. The molecule has 0 rings (SSSR count). The van der Waals surface area contributed by atoms with Gasteiger partial charge in [-0.3, -0.25) is 9.59 Å². The van der Waals surface area contributed by atoms with E-state index in [4.69, 9.17) is 5.11 Å². The maximum absolute atomic E-state index is 11.2. The molecule has 0 heterocycles. The molecule has 18 heavy (non-hydrogen) atoms. The molecule has 0 aromatic heterocycles. The molecule has 0 aromatic carbocycles. The maximum Gasteiger partial charge on any atom is 0.303 e. The van der Waals surface area contributed by atoms with Gasteiger partial charge in [0.1, 0.15) is 0 Å². The van der Waals surface area contributed by atoms with Crippen LogP contribution in [0.15, 0.2) is 23.3 Å². The van der Waals surface area contributed by atoms with E-state index in [9.17, 15) is 9.59 Å². The molecule has 0 spiro atoms. The summed E-state index contributed by atoms with van der Waals surface area (Å²) in [5, 5.41) is 11.1. The van der Waals surface area contributed by atoms with Crippen molar-refractivity contribution in [3.05, 3.63) is 23.3 Å². The first-order valence-corrected chi connectivity index (χ1v) is 6.19. The van der Waals surface area contributed by atoms with Crippen LogP contribution in [0.3, 0.4) is 0 Å². The fraction of sp³-hybridized carbons (Fsp3) is 0.571. The van der Waals surface area contributed by atoms with E-state index >= 15 is 0 Å². The number of carbonyl (C=O) groups excluding carboxylic acids is 1. The van der Waals surface area contributed by atoms with Gasteiger partial charge in [-0.1, -0.05) is 23.3 Å². The molecule has 0 atom stereocenters. The van der Waals surface area contributed by atoms with Crippen molar-refractivity contribution in [3.63, 3.8) is 0 Å². The van der Waals surface area contributed by atoms with E-state index in [-0.39, 0.29) is 18.7 Å². The molecule has 0 saturated heterocycles. The van der Waals surface area contributed by atoms with Gasteiger partial charge in [0.05, 0.1) is 6.42 Å². The average Bonchev–Trinajstić information content (AvgIpc) is 2.25. The van der Waals surface area contributed by atoms with E-state index in [2.05, 4.69) is 25.2 Å². The Morgan fingerprint density at radius 2 is 1.72 bits per heavy atom. The zero-order valence-corrected chi connectivity index (χ0v) is 11.5. The molecule has 0 unspecified atom stereocenters. The molecule has 0 fully saturated rings. The number of carboxylic acids is 1. The minimum absolute atomic E-state index is 0.0417.